The molecule has 130 valence electrons. The molecule has 0 atom stereocenters. The Morgan fingerprint density at radius 2 is 1.67 bits per heavy atom. The van der Waals surface area contributed by atoms with Gasteiger partial charge < -0.3 is 9.47 Å². The third kappa shape index (κ3) is 6.36. The van der Waals surface area contributed by atoms with Crippen molar-refractivity contribution in [2.75, 3.05) is 13.2 Å². The van der Waals surface area contributed by atoms with Crippen molar-refractivity contribution in [3.63, 3.8) is 0 Å². The molecule has 1 aromatic carbocycles. The fourth-order valence-electron chi connectivity index (χ4n) is 2.14. The van der Waals surface area contributed by atoms with Crippen LogP contribution in [0, 0.1) is 5.92 Å². The van der Waals surface area contributed by atoms with Gasteiger partial charge in [-0.05, 0) is 45.2 Å². The van der Waals surface area contributed by atoms with E-state index in [1.165, 1.54) is 6.92 Å². The first-order valence-electron chi connectivity index (χ1n) is 8.07. The number of hydrogen-bond acceptors (Lipinski definition) is 5. The van der Waals surface area contributed by atoms with Crippen molar-refractivity contribution in [3.05, 3.63) is 47.5 Å². The second-order valence-corrected chi connectivity index (χ2v) is 5.22. The van der Waals surface area contributed by atoms with Crippen molar-refractivity contribution < 1.29 is 23.9 Å². The standard InChI is InChI=1S/C19H24O5/c1-4-23-18(21)17(19(22)24-5-2)12-7-6-9-15-10-8-11-16(13-15)14(3)20/h6-8,10-11,13,17H,4-5,9,12H2,1-3H3/b7-6+. The van der Waals surface area contributed by atoms with Crippen molar-refractivity contribution >= 4 is 17.7 Å². The summed E-state index contributed by atoms with van der Waals surface area (Å²) in [6, 6.07) is 7.36. The van der Waals surface area contributed by atoms with Gasteiger partial charge in [-0.25, -0.2) is 0 Å². The highest BCUT2D eigenvalue weighted by atomic mass is 16.6. The van der Waals surface area contributed by atoms with Crippen LogP contribution in [0.5, 0.6) is 0 Å². The van der Waals surface area contributed by atoms with Gasteiger partial charge >= 0.3 is 11.9 Å². The molecule has 0 amide bonds. The van der Waals surface area contributed by atoms with Gasteiger partial charge in [-0.2, -0.15) is 0 Å². The van der Waals surface area contributed by atoms with Crippen LogP contribution in [-0.2, 0) is 25.5 Å². The molecule has 0 radical (unpaired) electrons. The minimum Gasteiger partial charge on any atom is -0.465 e. The van der Waals surface area contributed by atoms with Crippen LogP contribution in [0.15, 0.2) is 36.4 Å². The van der Waals surface area contributed by atoms with E-state index in [1.54, 1.807) is 26.0 Å². The van der Waals surface area contributed by atoms with Crippen LogP contribution in [0.1, 0.15) is 43.1 Å². The van der Waals surface area contributed by atoms with E-state index in [1.807, 2.05) is 24.3 Å². The molecule has 0 aliphatic heterocycles. The fourth-order valence-corrected chi connectivity index (χ4v) is 2.14. The molecule has 0 N–H and O–H groups in total. The van der Waals surface area contributed by atoms with Gasteiger partial charge in [0.15, 0.2) is 11.7 Å². The fraction of sp³-hybridized carbons (Fsp3) is 0.421. The lowest BCUT2D eigenvalue weighted by atomic mass is 10.0. The van der Waals surface area contributed by atoms with E-state index in [4.69, 9.17) is 9.47 Å². The molecule has 0 saturated heterocycles. The van der Waals surface area contributed by atoms with Gasteiger partial charge in [0.2, 0.25) is 0 Å². The predicted octanol–water partition coefficient (Wildman–Crippen LogP) is 3.12. The highest BCUT2D eigenvalue weighted by molar-refractivity contribution is 5.95. The Bertz CT molecular complexity index is 586. The Morgan fingerprint density at radius 1 is 1.04 bits per heavy atom. The van der Waals surface area contributed by atoms with Gasteiger partial charge in [0.25, 0.3) is 0 Å². The average Bonchev–Trinajstić information content (AvgIpc) is 2.55. The van der Waals surface area contributed by atoms with Crippen LogP contribution in [0.25, 0.3) is 0 Å². The molecule has 1 rings (SSSR count). The zero-order valence-electron chi connectivity index (χ0n) is 14.4. The normalized spacial score (nSPS) is 10.8. The summed E-state index contributed by atoms with van der Waals surface area (Å²) in [5.74, 6) is -2.06. The molecule has 0 spiro atoms. The van der Waals surface area contributed by atoms with Crippen LogP contribution in [0.3, 0.4) is 0 Å². The molecular weight excluding hydrogens is 308 g/mol. The van der Waals surface area contributed by atoms with Crippen molar-refractivity contribution in [3.8, 4) is 0 Å². The summed E-state index contributed by atoms with van der Waals surface area (Å²) in [4.78, 5) is 35.1. The molecule has 1 aromatic rings. The van der Waals surface area contributed by atoms with E-state index in [0.717, 1.165) is 5.56 Å². The van der Waals surface area contributed by atoms with E-state index in [9.17, 15) is 14.4 Å². The Morgan fingerprint density at radius 3 is 2.21 bits per heavy atom. The lowest BCUT2D eigenvalue weighted by Gasteiger charge is -2.12. The van der Waals surface area contributed by atoms with Crippen molar-refractivity contribution in [2.45, 2.75) is 33.6 Å². The van der Waals surface area contributed by atoms with Crippen molar-refractivity contribution in [1.82, 2.24) is 0 Å². The molecule has 24 heavy (non-hydrogen) atoms. The predicted molar refractivity (Wildman–Crippen MR) is 90.7 cm³/mol. The number of esters is 2. The van der Waals surface area contributed by atoms with Crippen LogP contribution >= 0.6 is 0 Å². The van der Waals surface area contributed by atoms with Crippen molar-refractivity contribution in [2.24, 2.45) is 5.92 Å². The van der Waals surface area contributed by atoms with Gasteiger partial charge in [-0.3, -0.25) is 14.4 Å². The maximum atomic E-state index is 11.8. The summed E-state index contributed by atoms with van der Waals surface area (Å²) in [5, 5.41) is 0. The van der Waals surface area contributed by atoms with Crippen LogP contribution in [-0.4, -0.2) is 30.9 Å². The molecule has 0 aliphatic rings. The Kier molecular flexibility index (Phi) is 8.47. The number of ether oxygens (including phenoxy) is 2. The zero-order chi connectivity index (χ0) is 17.9. The molecule has 0 aromatic heterocycles. The number of Topliss-reactive ketones (excluding diaryl/α,β-unsaturated/α-hetero) is 1. The number of carbonyl (C=O) groups is 3. The first-order chi connectivity index (χ1) is 11.5. The van der Waals surface area contributed by atoms with Gasteiger partial charge in [0.1, 0.15) is 0 Å². The second kappa shape index (κ2) is 10.4. The largest absolute Gasteiger partial charge is 0.465 e. The van der Waals surface area contributed by atoms with Gasteiger partial charge in [-0.15, -0.1) is 0 Å². The molecule has 0 aliphatic carbocycles. The molecule has 5 heteroatoms. The molecule has 0 saturated carbocycles. The second-order valence-electron chi connectivity index (χ2n) is 5.22. The monoisotopic (exact) mass is 332 g/mol. The minimum atomic E-state index is -0.940. The number of benzene rings is 1. The van der Waals surface area contributed by atoms with Crippen LogP contribution in [0.2, 0.25) is 0 Å². The number of hydrogen-bond donors (Lipinski definition) is 0. The summed E-state index contributed by atoms with van der Waals surface area (Å²) in [7, 11) is 0. The topological polar surface area (TPSA) is 69.7 Å². The number of carbonyl (C=O) groups excluding carboxylic acids is 3. The Hall–Kier alpha value is -2.43. The third-order valence-electron chi connectivity index (χ3n) is 3.37. The number of ketones is 1. The summed E-state index contributed by atoms with van der Waals surface area (Å²) >= 11 is 0. The quantitative estimate of drug-likeness (QED) is 0.301. The molecular formula is C19H24O5. The lowest BCUT2D eigenvalue weighted by molar-refractivity contribution is -0.161. The van der Waals surface area contributed by atoms with E-state index in [-0.39, 0.29) is 25.4 Å². The molecule has 5 nitrogen and oxygen atoms in total. The average molecular weight is 332 g/mol. The molecule has 0 bridgehead atoms. The summed E-state index contributed by atoms with van der Waals surface area (Å²) in [6.07, 6.45) is 4.47. The van der Waals surface area contributed by atoms with Gasteiger partial charge in [-0.1, -0.05) is 30.4 Å². The molecule has 0 unspecified atom stereocenters. The minimum absolute atomic E-state index is 0.0190. The number of rotatable bonds is 9. The van der Waals surface area contributed by atoms with Crippen LogP contribution in [0.4, 0.5) is 0 Å². The smallest absolute Gasteiger partial charge is 0.320 e. The molecule has 0 fully saturated rings. The summed E-state index contributed by atoms with van der Waals surface area (Å²) in [5.41, 5.74) is 1.65. The van der Waals surface area contributed by atoms with E-state index >= 15 is 0 Å². The maximum Gasteiger partial charge on any atom is 0.320 e. The van der Waals surface area contributed by atoms with E-state index < -0.39 is 17.9 Å². The maximum absolute atomic E-state index is 11.8. The highest BCUT2D eigenvalue weighted by Gasteiger charge is 2.28. The van der Waals surface area contributed by atoms with E-state index in [2.05, 4.69) is 0 Å². The van der Waals surface area contributed by atoms with Gasteiger partial charge in [0, 0.05) is 5.56 Å². The Labute approximate surface area is 142 Å². The van der Waals surface area contributed by atoms with Crippen molar-refractivity contribution in [1.29, 1.82) is 0 Å². The first-order valence-corrected chi connectivity index (χ1v) is 8.07. The molecule has 0 heterocycles. The first kappa shape index (κ1) is 19.6. The van der Waals surface area contributed by atoms with E-state index in [0.29, 0.717) is 12.0 Å². The zero-order valence-corrected chi connectivity index (χ0v) is 14.4. The summed E-state index contributed by atoms with van der Waals surface area (Å²) in [6.45, 7) is 5.35. The SMILES string of the molecule is CCOC(=O)C(C/C=C/Cc1cccc(C(C)=O)c1)C(=O)OCC. The lowest BCUT2D eigenvalue weighted by Crippen LogP contribution is -2.27. The summed E-state index contributed by atoms with van der Waals surface area (Å²) < 4.78 is 9.84. The number of allylic oxidation sites excluding steroid dienone is 2. The van der Waals surface area contributed by atoms with Crippen LogP contribution < -0.4 is 0 Å². The Balaban J connectivity index is 2.67. The highest BCUT2D eigenvalue weighted by Crippen LogP contribution is 2.12. The third-order valence-corrected chi connectivity index (χ3v) is 3.37. The van der Waals surface area contributed by atoms with Gasteiger partial charge in [0.05, 0.1) is 13.2 Å².